The molecule has 0 bridgehead atoms. The van der Waals surface area contributed by atoms with Crippen LogP contribution in [0.25, 0.3) is 0 Å². The molecule has 0 aromatic heterocycles. The van der Waals surface area contributed by atoms with E-state index in [2.05, 4.69) is 19.2 Å². The average Bonchev–Trinajstić information content (AvgIpc) is 3.46. The molecule has 0 radical (unpaired) electrons. The molecule has 80 heavy (non-hydrogen) atoms. The van der Waals surface area contributed by atoms with Gasteiger partial charge in [-0.1, -0.05) is 444 Å². The second-order valence-corrected chi connectivity index (χ2v) is 26.8. The number of carbonyl (C=O) groups excluding carboxylic acids is 1. The number of hydrogen-bond acceptors (Lipinski definition) is 3. The molecule has 0 aliphatic heterocycles. The molecule has 0 aromatic rings. The van der Waals surface area contributed by atoms with Gasteiger partial charge in [0, 0.05) is 6.42 Å². The zero-order valence-corrected chi connectivity index (χ0v) is 55.7. The molecule has 4 heteroatoms. The summed E-state index contributed by atoms with van der Waals surface area (Å²) in [5.74, 6) is -0.0182. The van der Waals surface area contributed by atoms with E-state index < -0.39 is 12.1 Å². The summed E-state index contributed by atoms with van der Waals surface area (Å²) >= 11 is 0. The topological polar surface area (TPSA) is 69.6 Å². The number of unbranched alkanes of at least 4 members (excludes halogenated alkanes) is 66. The van der Waals surface area contributed by atoms with Crippen molar-refractivity contribution < 1.29 is 15.0 Å². The van der Waals surface area contributed by atoms with Crippen LogP contribution < -0.4 is 5.32 Å². The Bertz CT molecular complexity index is 1100. The first-order valence-corrected chi connectivity index (χ1v) is 38.2. The van der Waals surface area contributed by atoms with E-state index in [1.807, 2.05) is 0 Å². The van der Waals surface area contributed by atoms with Crippen LogP contribution in [-0.4, -0.2) is 34.9 Å². The smallest absolute Gasteiger partial charge is 0.220 e. The third-order valence-corrected chi connectivity index (χ3v) is 18.6. The first-order valence-electron chi connectivity index (χ1n) is 38.2. The van der Waals surface area contributed by atoms with Crippen molar-refractivity contribution in [3.63, 3.8) is 0 Å². The van der Waals surface area contributed by atoms with Gasteiger partial charge in [0.05, 0.1) is 18.8 Å². The third-order valence-electron chi connectivity index (χ3n) is 18.6. The second kappa shape index (κ2) is 72.6. The molecular weight excluding hydrogens is 975 g/mol. The van der Waals surface area contributed by atoms with E-state index in [4.69, 9.17) is 0 Å². The highest BCUT2D eigenvalue weighted by molar-refractivity contribution is 5.76. The van der Waals surface area contributed by atoms with Crippen LogP contribution in [0.2, 0.25) is 0 Å². The summed E-state index contributed by atoms with van der Waals surface area (Å²) in [7, 11) is 0. The maximum Gasteiger partial charge on any atom is 0.220 e. The summed E-state index contributed by atoms with van der Waals surface area (Å²) in [5, 5.41) is 23.5. The van der Waals surface area contributed by atoms with E-state index in [0.29, 0.717) is 12.8 Å². The molecular formula is C76H153NO3. The molecule has 0 aliphatic carbocycles. The predicted octanol–water partition coefficient (Wildman–Crippen LogP) is 26.2. The number of aliphatic hydroxyl groups excluding tert-OH is 2. The molecule has 0 fully saturated rings. The Hall–Kier alpha value is -0.610. The Morgan fingerprint density at radius 3 is 0.562 bits per heavy atom. The van der Waals surface area contributed by atoms with Gasteiger partial charge in [0.15, 0.2) is 0 Å². The molecule has 0 rings (SSSR count). The van der Waals surface area contributed by atoms with E-state index in [1.165, 1.54) is 411 Å². The van der Waals surface area contributed by atoms with Gasteiger partial charge in [-0.25, -0.2) is 0 Å². The predicted molar refractivity (Wildman–Crippen MR) is 360 cm³/mol. The molecule has 480 valence electrons. The second-order valence-electron chi connectivity index (χ2n) is 26.8. The Morgan fingerprint density at radius 1 is 0.250 bits per heavy atom. The highest BCUT2D eigenvalue weighted by Crippen LogP contribution is 2.21. The van der Waals surface area contributed by atoms with E-state index in [-0.39, 0.29) is 12.5 Å². The van der Waals surface area contributed by atoms with Gasteiger partial charge in [-0.3, -0.25) is 4.79 Å². The van der Waals surface area contributed by atoms with Crippen LogP contribution in [0.1, 0.15) is 463 Å². The van der Waals surface area contributed by atoms with Crippen LogP contribution in [0, 0.1) is 0 Å². The molecule has 0 aromatic carbocycles. The van der Waals surface area contributed by atoms with Gasteiger partial charge in [0.1, 0.15) is 0 Å². The Kier molecular flexibility index (Phi) is 72.1. The van der Waals surface area contributed by atoms with Crippen molar-refractivity contribution in [2.24, 2.45) is 0 Å². The minimum atomic E-state index is -0.657. The molecule has 4 nitrogen and oxygen atoms in total. The fraction of sp³-hybridized carbons (Fsp3) is 0.987. The van der Waals surface area contributed by atoms with Gasteiger partial charge in [0.2, 0.25) is 5.91 Å². The fourth-order valence-electron chi connectivity index (χ4n) is 12.8. The number of carbonyl (C=O) groups is 1. The number of amides is 1. The number of rotatable bonds is 73. The van der Waals surface area contributed by atoms with Gasteiger partial charge in [0.25, 0.3) is 0 Å². The van der Waals surface area contributed by atoms with E-state index in [9.17, 15) is 15.0 Å². The molecule has 0 saturated carbocycles. The number of hydrogen-bond donors (Lipinski definition) is 3. The zero-order chi connectivity index (χ0) is 57.6. The Labute approximate surface area is 505 Å². The highest BCUT2D eigenvalue weighted by atomic mass is 16.3. The summed E-state index contributed by atoms with van der Waals surface area (Å²) in [4.78, 5) is 12.6. The van der Waals surface area contributed by atoms with E-state index in [0.717, 1.165) is 25.7 Å². The summed E-state index contributed by atoms with van der Waals surface area (Å²) in [5.41, 5.74) is 0. The van der Waals surface area contributed by atoms with Crippen LogP contribution in [0.5, 0.6) is 0 Å². The Morgan fingerprint density at radius 2 is 0.400 bits per heavy atom. The Balaban J connectivity index is 3.33. The van der Waals surface area contributed by atoms with E-state index >= 15 is 0 Å². The van der Waals surface area contributed by atoms with Crippen LogP contribution in [-0.2, 0) is 4.79 Å². The lowest BCUT2D eigenvalue weighted by atomic mass is 10.0. The van der Waals surface area contributed by atoms with Crippen LogP contribution in [0.15, 0.2) is 0 Å². The van der Waals surface area contributed by atoms with Gasteiger partial charge >= 0.3 is 0 Å². The lowest BCUT2D eigenvalue weighted by Crippen LogP contribution is -2.45. The average molecular weight is 1130 g/mol. The van der Waals surface area contributed by atoms with Crippen molar-refractivity contribution in [3.8, 4) is 0 Å². The van der Waals surface area contributed by atoms with E-state index in [1.54, 1.807) is 0 Å². The first-order chi connectivity index (χ1) is 39.7. The molecule has 0 saturated heterocycles. The summed E-state index contributed by atoms with van der Waals surface area (Å²) in [6, 6.07) is -0.533. The van der Waals surface area contributed by atoms with Crippen molar-refractivity contribution >= 4 is 5.91 Å². The van der Waals surface area contributed by atoms with Crippen molar-refractivity contribution in [1.82, 2.24) is 5.32 Å². The molecule has 2 unspecified atom stereocenters. The summed E-state index contributed by atoms with van der Waals surface area (Å²) in [6.45, 7) is 4.43. The molecule has 2 atom stereocenters. The molecule has 3 N–H and O–H groups in total. The molecule has 0 heterocycles. The lowest BCUT2D eigenvalue weighted by Gasteiger charge is -2.22. The molecule has 0 aliphatic rings. The van der Waals surface area contributed by atoms with Crippen LogP contribution in [0.4, 0.5) is 0 Å². The number of aliphatic hydroxyl groups is 2. The van der Waals surface area contributed by atoms with Gasteiger partial charge < -0.3 is 15.5 Å². The quantitative estimate of drug-likeness (QED) is 0.0532. The third kappa shape index (κ3) is 68.2. The van der Waals surface area contributed by atoms with Crippen molar-refractivity contribution in [3.05, 3.63) is 0 Å². The first kappa shape index (κ1) is 79.4. The maximum absolute atomic E-state index is 12.6. The largest absolute Gasteiger partial charge is 0.394 e. The fourth-order valence-corrected chi connectivity index (χ4v) is 12.8. The summed E-state index contributed by atoms with van der Waals surface area (Å²) < 4.78 is 0. The SMILES string of the molecule is CCCCCCCCCCCCCCCCCCCCCCCCCCCCCCCCCCCCCCCC(=O)NC(CO)C(O)CCCCCCCCCCCCCCCCCCCCCCCCCCCCCCCCC. The van der Waals surface area contributed by atoms with Crippen LogP contribution >= 0.6 is 0 Å². The minimum absolute atomic E-state index is 0.0182. The highest BCUT2D eigenvalue weighted by Gasteiger charge is 2.20. The minimum Gasteiger partial charge on any atom is -0.394 e. The van der Waals surface area contributed by atoms with Crippen molar-refractivity contribution in [1.29, 1.82) is 0 Å². The van der Waals surface area contributed by atoms with Gasteiger partial charge in [-0.05, 0) is 12.8 Å². The zero-order valence-electron chi connectivity index (χ0n) is 55.7. The van der Waals surface area contributed by atoms with Crippen molar-refractivity contribution in [2.75, 3.05) is 6.61 Å². The molecule has 1 amide bonds. The monoisotopic (exact) mass is 1130 g/mol. The standard InChI is InChI=1S/C76H153NO3/c1-3-5-7-9-11-13-15-17-19-21-23-25-27-29-31-33-35-36-37-38-39-40-42-44-46-48-50-52-54-56-58-60-62-64-66-68-70-72-76(80)77-74(73-78)75(79)71-69-67-65-63-61-59-57-55-53-51-49-47-45-43-41-34-32-30-28-26-24-22-20-18-16-14-12-10-8-6-4-2/h74-75,78-79H,3-73H2,1-2H3,(H,77,80). The lowest BCUT2D eigenvalue weighted by molar-refractivity contribution is -0.123. The normalized spacial score (nSPS) is 12.5. The van der Waals surface area contributed by atoms with Gasteiger partial charge in [-0.15, -0.1) is 0 Å². The van der Waals surface area contributed by atoms with Crippen LogP contribution in [0.3, 0.4) is 0 Å². The maximum atomic E-state index is 12.6. The molecule has 0 spiro atoms. The summed E-state index contributed by atoms with van der Waals surface area (Å²) in [6.07, 6.45) is 96.4. The van der Waals surface area contributed by atoms with Gasteiger partial charge in [-0.2, -0.15) is 0 Å². The van der Waals surface area contributed by atoms with Crippen molar-refractivity contribution in [2.45, 2.75) is 475 Å². The number of nitrogens with one attached hydrogen (secondary N) is 1.